The van der Waals surface area contributed by atoms with Crippen molar-refractivity contribution in [1.82, 2.24) is 16.0 Å². The van der Waals surface area contributed by atoms with E-state index in [9.17, 15) is 9.59 Å². The van der Waals surface area contributed by atoms with Gasteiger partial charge in [-0.1, -0.05) is 0 Å². The minimum Gasteiger partial charge on any atom is -0.352 e. The average Bonchev–Trinajstić information content (AvgIpc) is 2.34. The summed E-state index contributed by atoms with van der Waals surface area (Å²) < 4.78 is 0. The summed E-state index contributed by atoms with van der Waals surface area (Å²) in [6, 6.07) is 0.115. The standard InChI is InChI=1S/C13H25N3O2.ClH/c1-10(2)16-13(18)9-15-12(17)4-3-11-5-7-14-8-6-11;/h10-11,14H,3-9H2,1-2H3,(H,15,17)(H,16,18);1H. The smallest absolute Gasteiger partial charge is 0.239 e. The van der Waals surface area contributed by atoms with E-state index in [1.807, 2.05) is 13.8 Å². The average molecular weight is 292 g/mol. The van der Waals surface area contributed by atoms with Crippen molar-refractivity contribution in [3.8, 4) is 0 Å². The van der Waals surface area contributed by atoms with Gasteiger partial charge in [-0.25, -0.2) is 0 Å². The van der Waals surface area contributed by atoms with E-state index in [4.69, 9.17) is 0 Å². The highest BCUT2D eigenvalue weighted by Crippen LogP contribution is 2.17. The van der Waals surface area contributed by atoms with Gasteiger partial charge in [0.15, 0.2) is 0 Å². The van der Waals surface area contributed by atoms with Crippen molar-refractivity contribution in [2.24, 2.45) is 5.92 Å². The number of hydrogen-bond acceptors (Lipinski definition) is 3. The summed E-state index contributed by atoms with van der Waals surface area (Å²) in [6.45, 7) is 6.00. The summed E-state index contributed by atoms with van der Waals surface area (Å²) in [6.07, 6.45) is 3.77. The highest BCUT2D eigenvalue weighted by atomic mass is 35.5. The van der Waals surface area contributed by atoms with Crippen molar-refractivity contribution < 1.29 is 9.59 Å². The SMILES string of the molecule is CC(C)NC(=O)CNC(=O)CCC1CCNCC1.Cl. The van der Waals surface area contributed by atoms with Gasteiger partial charge in [-0.05, 0) is 52.1 Å². The van der Waals surface area contributed by atoms with Gasteiger partial charge in [-0.3, -0.25) is 9.59 Å². The lowest BCUT2D eigenvalue weighted by Gasteiger charge is -2.22. The second-order valence-electron chi connectivity index (χ2n) is 5.23. The molecule has 5 nitrogen and oxygen atoms in total. The molecule has 0 unspecified atom stereocenters. The van der Waals surface area contributed by atoms with E-state index in [1.165, 1.54) is 0 Å². The van der Waals surface area contributed by atoms with E-state index in [1.54, 1.807) is 0 Å². The molecule has 1 aliphatic heterocycles. The number of halogens is 1. The van der Waals surface area contributed by atoms with Gasteiger partial charge in [0.2, 0.25) is 11.8 Å². The Kier molecular flexibility index (Phi) is 9.61. The maximum atomic E-state index is 11.6. The van der Waals surface area contributed by atoms with E-state index in [2.05, 4.69) is 16.0 Å². The molecule has 1 fully saturated rings. The van der Waals surface area contributed by atoms with Gasteiger partial charge >= 0.3 is 0 Å². The first-order valence-electron chi connectivity index (χ1n) is 6.84. The van der Waals surface area contributed by atoms with Crippen molar-refractivity contribution in [3.05, 3.63) is 0 Å². The Morgan fingerprint density at radius 1 is 1.21 bits per heavy atom. The van der Waals surface area contributed by atoms with Crippen LogP contribution in [0, 0.1) is 5.92 Å². The second kappa shape index (κ2) is 10.0. The lowest BCUT2D eigenvalue weighted by Crippen LogP contribution is -2.40. The maximum absolute atomic E-state index is 11.6. The van der Waals surface area contributed by atoms with Crippen LogP contribution in [0.4, 0.5) is 0 Å². The first kappa shape index (κ1) is 18.2. The first-order valence-corrected chi connectivity index (χ1v) is 6.84. The third-order valence-electron chi connectivity index (χ3n) is 3.13. The van der Waals surface area contributed by atoms with Crippen LogP contribution in [0.1, 0.15) is 39.5 Å². The third kappa shape index (κ3) is 8.83. The molecule has 0 aromatic heterocycles. The molecule has 0 spiro atoms. The second-order valence-corrected chi connectivity index (χ2v) is 5.23. The quantitative estimate of drug-likeness (QED) is 0.679. The highest BCUT2D eigenvalue weighted by Gasteiger charge is 2.14. The number of nitrogens with one attached hydrogen (secondary N) is 3. The molecular weight excluding hydrogens is 266 g/mol. The van der Waals surface area contributed by atoms with Crippen LogP contribution in [0.2, 0.25) is 0 Å². The topological polar surface area (TPSA) is 70.2 Å². The molecule has 3 N–H and O–H groups in total. The molecule has 1 rings (SSSR count). The van der Waals surface area contributed by atoms with Gasteiger partial charge in [0, 0.05) is 12.5 Å². The van der Waals surface area contributed by atoms with Crippen LogP contribution < -0.4 is 16.0 Å². The van der Waals surface area contributed by atoms with Crippen LogP contribution in [-0.2, 0) is 9.59 Å². The number of amides is 2. The van der Waals surface area contributed by atoms with Crippen molar-refractivity contribution in [1.29, 1.82) is 0 Å². The van der Waals surface area contributed by atoms with Gasteiger partial charge < -0.3 is 16.0 Å². The molecule has 1 heterocycles. The molecule has 0 aromatic rings. The number of rotatable bonds is 6. The molecule has 112 valence electrons. The van der Waals surface area contributed by atoms with Crippen LogP contribution in [0.3, 0.4) is 0 Å². The molecular formula is C13H26ClN3O2. The molecule has 1 aliphatic rings. The molecule has 1 saturated heterocycles. The molecule has 19 heavy (non-hydrogen) atoms. The number of carbonyl (C=O) groups is 2. The summed E-state index contributed by atoms with van der Waals surface area (Å²) in [5.41, 5.74) is 0. The van der Waals surface area contributed by atoms with Crippen molar-refractivity contribution in [2.45, 2.75) is 45.6 Å². The zero-order chi connectivity index (χ0) is 13.4. The fourth-order valence-electron chi connectivity index (χ4n) is 2.15. The summed E-state index contributed by atoms with van der Waals surface area (Å²) in [7, 11) is 0. The van der Waals surface area contributed by atoms with Crippen LogP contribution >= 0.6 is 12.4 Å². The summed E-state index contributed by atoms with van der Waals surface area (Å²) in [4.78, 5) is 22.9. The number of carbonyl (C=O) groups excluding carboxylic acids is 2. The van der Waals surface area contributed by atoms with Gasteiger partial charge in [0.05, 0.1) is 6.54 Å². The largest absolute Gasteiger partial charge is 0.352 e. The highest BCUT2D eigenvalue weighted by molar-refractivity contribution is 5.85. The van der Waals surface area contributed by atoms with Gasteiger partial charge in [-0.2, -0.15) is 0 Å². The summed E-state index contributed by atoms with van der Waals surface area (Å²) in [5, 5.41) is 8.71. The molecule has 2 amide bonds. The van der Waals surface area contributed by atoms with Crippen LogP contribution in [-0.4, -0.2) is 37.5 Å². The Bertz CT molecular complexity index is 279. The van der Waals surface area contributed by atoms with E-state index in [-0.39, 0.29) is 36.8 Å². The van der Waals surface area contributed by atoms with Crippen molar-refractivity contribution in [2.75, 3.05) is 19.6 Å². The Balaban J connectivity index is 0.00000324. The molecule has 0 atom stereocenters. The predicted octanol–water partition coefficient (Wildman–Crippen LogP) is 0.829. The minimum absolute atomic E-state index is 0. The predicted molar refractivity (Wildman–Crippen MR) is 78.4 cm³/mol. The molecule has 0 aromatic carbocycles. The fourth-order valence-corrected chi connectivity index (χ4v) is 2.15. The van der Waals surface area contributed by atoms with Gasteiger partial charge in [-0.15, -0.1) is 12.4 Å². The lowest BCUT2D eigenvalue weighted by atomic mass is 9.93. The number of piperidine rings is 1. The Morgan fingerprint density at radius 2 is 1.84 bits per heavy atom. The van der Waals surface area contributed by atoms with E-state index >= 15 is 0 Å². The summed E-state index contributed by atoms with van der Waals surface area (Å²) >= 11 is 0. The molecule has 0 aliphatic carbocycles. The van der Waals surface area contributed by atoms with Crippen LogP contribution in [0.15, 0.2) is 0 Å². The minimum atomic E-state index is -0.125. The molecule has 0 bridgehead atoms. The molecule has 6 heteroatoms. The molecule has 0 radical (unpaired) electrons. The van der Waals surface area contributed by atoms with Crippen molar-refractivity contribution in [3.63, 3.8) is 0 Å². The van der Waals surface area contributed by atoms with Crippen molar-refractivity contribution >= 4 is 24.2 Å². The normalized spacial score (nSPS) is 15.7. The first-order chi connectivity index (χ1) is 8.58. The van der Waals surface area contributed by atoms with E-state index < -0.39 is 0 Å². The van der Waals surface area contributed by atoms with E-state index in [0.717, 1.165) is 32.4 Å². The van der Waals surface area contributed by atoms with Gasteiger partial charge in [0.25, 0.3) is 0 Å². The van der Waals surface area contributed by atoms with Crippen LogP contribution in [0.25, 0.3) is 0 Å². The Morgan fingerprint density at radius 3 is 2.42 bits per heavy atom. The zero-order valence-corrected chi connectivity index (χ0v) is 12.6. The molecule has 0 saturated carbocycles. The zero-order valence-electron chi connectivity index (χ0n) is 11.8. The number of hydrogen-bond donors (Lipinski definition) is 3. The Hall–Kier alpha value is -0.810. The third-order valence-corrected chi connectivity index (χ3v) is 3.13. The fraction of sp³-hybridized carbons (Fsp3) is 0.846. The van der Waals surface area contributed by atoms with Crippen LogP contribution in [0.5, 0.6) is 0 Å². The lowest BCUT2D eigenvalue weighted by molar-refractivity contribution is -0.126. The maximum Gasteiger partial charge on any atom is 0.239 e. The Labute approximate surface area is 121 Å². The van der Waals surface area contributed by atoms with E-state index in [0.29, 0.717) is 12.3 Å². The summed E-state index contributed by atoms with van der Waals surface area (Å²) in [5.74, 6) is 0.508. The van der Waals surface area contributed by atoms with Gasteiger partial charge in [0.1, 0.15) is 0 Å². The monoisotopic (exact) mass is 291 g/mol.